The molecule has 140 valence electrons. The van der Waals surface area contributed by atoms with E-state index in [-0.39, 0.29) is 5.91 Å². The van der Waals surface area contributed by atoms with Crippen molar-refractivity contribution in [1.29, 1.82) is 0 Å². The summed E-state index contributed by atoms with van der Waals surface area (Å²) in [5, 5.41) is 21.8. The van der Waals surface area contributed by atoms with Crippen LogP contribution in [-0.4, -0.2) is 55.6 Å². The molecule has 3 N–H and O–H groups in total. The first-order valence-corrected chi connectivity index (χ1v) is 8.36. The molecule has 4 rings (SSSR count). The molecule has 0 radical (unpaired) electrons. The molecule has 0 bridgehead atoms. The van der Waals surface area contributed by atoms with Crippen LogP contribution < -0.4 is 5.32 Å². The van der Waals surface area contributed by atoms with E-state index in [0.717, 1.165) is 0 Å². The van der Waals surface area contributed by atoms with Gasteiger partial charge in [-0.05, 0) is 18.2 Å². The number of pyridine rings is 1. The van der Waals surface area contributed by atoms with Crippen molar-refractivity contribution in [2.75, 3.05) is 11.9 Å². The minimum Gasteiger partial charge on any atom is -0.394 e. The molecular weight excluding hydrogens is 355 g/mol. The van der Waals surface area contributed by atoms with E-state index in [0.29, 0.717) is 22.4 Å². The highest BCUT2D eigenvalue weighted by molar-refractivity contribution is 6.07. The maximum Gasteiger partial charge on any atom is 0.255 e. The van der Waals surface area contributed by atoms with Gasteiger partial charge in [-0.25, -0.2) is 14.4 Å². The first-order chi connectivity index (χ1) is 13.1. The summed E-state index contributed by atoms with van der Waals surface area (Å²) in [7, 11) is 0. The first kappa shape index (κ1) is 17.5. The zero-order valence-electron chi connectivity index (χ0n) is 14.1. The van der Waals surface area contributed by atoms with E-state index in [1.54, 1.807) is 30.3 Å². The van der Waals surface area contributed by atoms with Gasteiger partial charge in [-0.2, -0.15) is 0 Å². The van der Waals surface area contributed by atoms with Crippen molar-refractivity contribution in [3.63, 3.8) is 0 Å². The highest BCUT2D eigenvalue weighted by Gasteiger charge is 2.45. The van der Waals surface area contributed by atoms with E-state index < -0.39 is 31.2 Å². The summed E-state index contributed by atoms with van der Waals surface area (Å²) in [6.07, 6.45) is -2.59. The molecule has 27 heavy (non-hydrogen) atoms. The summed E-state index contributed by atoms with van der Waals surface area (Å²) in [5.41, 5.74) is 1.55. The zero-order chi connectivity index (χ0) is 19.0. The number of carbonyl (C=O) groups is 1. The SMILES string of the molecule is O=C(Nc1ccnc2c1ncn2C1O[C@H](CO)[C@@H](O)[C@@H]1F)c1ccccc1. The van der Waals surface area contributed by atoms with Crippen LogP contribution in [0, 0.1) is 0 Å². The number of hydrogen-bond donors (Lipinski definition) is 3. The van der Waals surface area contributed by atoms with Crippen LogP contribution in [0.5, 0.6) is 0 Å². The van der Waals surface area contributed by atoms with Crippen LogP contribution in [-0.2, 0) is 4.74 Å². The average molecular weight is 372 g/mol. The molecule has 1 fully saturated rings. The fourth-order valence-electron chi connectivity index (χ4n) is 3.08. The van der Waals surface area contributed by atoms with Crippen molar-refractivity contribution in [2.24, 2.45) is 0 Å². The van der Waals surface area contributed by atoms with Gasteiger partial charge in [-0.3, -0.25) is 9.36 Å². The molecule has 3 aromatic rings. The molecule has 1 amide bonds. The molecule has 1 aliphatic rings. The van der Waals surface area contributed by atoms with Gasteiger partial charge in [0.1, 0.15) is 17.7 Å². The molecule has 1 aromatic carbocycles. The van der Waals surface area contributed by atoms with Crippen LogP contribution >= 0.6 is 0 Å². The molecule has 2 aromatic heterocycles. The van der Waals surface area contributed by atoms with E-state index in [4.69, 9.17) is 4.74 Å². The second-order valence-electron chi connectivity index (χ2n) is 6.19. The van der Waals surface area contributed by atoms with Gasteiger partial charge in [0.25, 0.3) is 5.91 Å². The number of rotatable bonds is 4. The largest absolute Gasteiger partial charge is 0.394 e. The van der Waals surface area contributed by atoms with Crippen molar-refractivity contribution < 1.29 is 24.1 Å². The molecule has 1 unspecified atom stereocenters. The molecule has 0 saturated carbocycles. The fraction of sp³-hybridized carbons (Fsp3) is 0.278. The molecule has 4 atom stereocenters. The van der Waals surface area contributed by atoms with Gasteiger partial charge in [0.2, 0.25) is 0 Å². The Hall–Kier alpha value is -2.88. The topological polar surface area (TPSA) is 110 Å². The predicted octanol–water partition coefficient (Wildman–Crippen LogP) is 1.27. The molecule has 3 heterocycles. The number of carbonyl (C=O) groups excluding carboxylic acids is 1. The van der Waals surface area contributed by atoms with Crippen molar-refractivity contribution in [3.8, 4) is 0 Å². The number of alkyl halides is 1. The number of amides is 1. The Bertz CT molecular complexity index is 964. The molecule has 1 aliphatic heterocycles. The van der Waals surface area contributed by atoms with Crippen LogP contribution in [0.4, 0.5) is 10.1 Å². The molecule has 0 spiro atoms. The molecular formula is C18H17FN4O4. The Morgan fingerprint density at radius 3 is 2.74 bits per heavy atom. The number of aromatic nitrogens is 3. The lowest BCUT2D eigenvalue weighted by atomic mass is 10.1. The van der Waals surface area contributed by atoms with Gasteiger partial charge in [0.15, 0.2) is 18.0 Å². The van der Waals surface area contributed by atoms with Crippen molar-refractivity contribution in [2.45, 2.75) is 24.6 Å². The van der Waals surface area contributed by atoms with Gasteiger partial charge in [0, 0.05) is 11.8 Å². The summed E-state index contributed by atoms with van der Waals surface area (Å²) >= 11 is 0. The van der Waals surface area contributed by atoms with E-state index in [2.05, 4.69) is 15.3 Å². The van der Waals surface area contributed by atoms with Crippen molar-refractivity contribution in [3.05, 3.63) is 54.5 Å². The Kier molecular flexibility index (Phi) is 4.56. The van der Waals surface area contributed by atoms with E-state index in [9.17, 15) is 19.4 Å². The normalized spacial score (nSPS) is 25.0. The smallest absolute Gasteiger partial charge is 0.255 e. The number of benzene rings is 1. The van der Waals surface area contributed by atoms with Gasteiger partial charge in [-0.15, -0.1) is 0 Å². The second kappa shape index (κ2) is 7.03. The standard InChI is InChI=1S/C18H17FN4O4/c19-13-15(25)12(8-24)27-18(13)23-9-21-14-11(6-7-20-16(14)23)22-17(26)10-4-2-1-3-5-10/h1-7,9,12-13,15,18,24-25H,8H2,(H,20,22,26)/t12-,13+,15-,18?/m1/s1. The number of ether oxygens (including phenoxy) is 1. The molecule has 0 aliphatic carbocycles. The van der Waals surface area contributed by atoms with Crippen LogP contribution in [0.2, 0.25) is 0 Å². The lowest BCUT2D eigenvalue weighted by Crippen LogP contribution is -2.30. The van der Waals surface area contributed by atoms with E-state index in [1.165, 1.54) is 17.1 Å². The fourth-order valence-corrected chi connectivity index (χ4v) is 3.08. The Morgan fingerprint density at radius 1 is 1.26 bits per heavy atom. The predicted molar refractivity (Wildman–Crippen MR) is 93.8 cm³/mol. The minimum atomic E-state index is -1.75. The zero-order valence-corrected chi connectivity index (χ0v) is 14.1. The lowest BCUT2D eigenvalue weighted by Gasteiger charge is -2.15. The third-order valence-electron chi connectivity index (χ3n) is 4.49. The number of halogens is 1. The third kappa shape index (κ3) is 3.05. The highest BCUT2D eigenvalue weighted by Crippen LogP contribution is 2.34. The Labute approximate surface area is 153 Å². The van der Waals surface area contributed by atoms with Gasteiger partial charge in [0.05, 0.1) is 18.6 Å². The number of anilines is 1. The molecule has 1 saturated heterocycles. The summed E-state index contributed by atoms with van der Waals surface area (Å²) in [6.45, 7) is -0.503. The molecule has 8 nitrogen and oxygen atoms in total. The number of aliphatic hydroxyl groups excluding tert-OH is 2. The summed E-state index contributed by atoms with van der Waals surface area (Å²) in [6, 6.07) is 10.3. The van der Waals surface area contributed by atoms with Gasteiger partial charge in [-0.1, -0.05) is 18.2 Å². The van der Waals surface area contributed by atoms with E-state index in [1.807, 2.05) is 6.07 Å². The second-order valence-corrected chi connectivity index (χ2v) is 6.19. The number of aliphatic hydroxyl groups is 2. The monoisotopic (exact) mass is 372 g/mol. The van der Waals surface area contributed by atoms with Gasteiger partial charge < -0.3 is 20.3 Å². The van der Waals surface area contributed by atoms with Crippen LogP contribution in [0.1, 0.15) is 16.6 Å². The Morgan fingerprint density at radius 2 is 2.04 bits per heavy atom. The number of nitrogens with zero attached hydrogens (tertiary/aromatic N) is 3. The number of hydrogen-bond acceptors (Lipinski definition) is 6. The third-order valence-corrected chi connectivity index (χ3v) is 4.49. The van der Waals surface area contributed by atoms with Crippen LogP contribution in [0.3, 0.4) is 0 Å². The summed E-state index contributed by atoms with van der Waals surface area (Å²) in [4.78, 5) is 20.8. The molecule has 9 heteroatoms. The number of nitrogens with one attached hydrogen (secondary N) is 1. The summed E-state index contributed by atoms with van der Waals surface area (Å²) < 4.78 is 21.2. The lowest BCUT2D eigenvalue weighted by molar-refractivity contribution is -0.0459. The van der Waals surface area contributed by atoms with Crippen molar-refractivity contribution >= 4 is 22.8 Å². The number of fused-ring (bicyclic) bond motifs is 1. The number of imidazole rings is 1. The van der Waals surface area contributed by atoms with Gasteiger partial charge >= 0.3 is 0 Å². The Balaban J connectivity index is 1.65. The van der Waals surface area contributed by atoms with Crippen LogP contribution in [0.15, 0.2) is 48.9 Å². The summed E-state index contributed by atoms with van der Waals surface area (Å²) in [5.74, 6) is -0.311. The van der Waals surface area contributed by atoms with Crippen molar-refractivity contribution in [1.82, 2.24) is 14.5 Å². The quantitative estimate of drug-likeness (QED) is 0.636. The first-order valence-electron chi connectivity index (χ1n) is 8.36. The minimum absolute atomic E-state index is 0.291. The highest BCUT2D eigenvalue weighted by atomic mass is 19.1. The average Bonchev–Trinajstić information content (AvgIpc) is 3.25. The maximum atomic E-state index is 14.4. The van der Waals surface area contributed by atoms with Crippen LogP contribution in [0.25, 0.3) is 11.2 Å². The maximum absolute atomic E-state index is 14.4. The van der Waals surface area contributed by atoms with E-state index >= 15 is 0 Å².